The molecule has 1 N–H and O–H groups in total. The van der Waals surface area contributed by atoms with Crippen LogP contribution in [-0.2, 0) is 4.74 Å². The summed E-state index contributed by atoms with van der Waals surface area (Å²) in [6, 6.07) is 6.35. The number of hydrogen-bond donors (Lipinski definition) is 1. The molecule has 1 unspecified atom stereocenters. The van der Waals surface area contributed by atoms with Crippen molar-refractivity contribution < 1.29 is 9.47 Å². The first-order valence-corrected chi connectivity index (χ1v) is 6.06. The molecular formula is C12H18BrNO2. The number of benzene rings is 1. The molecule has 1 atom stereocenters. The molecule has 4 heteroatoms. The predicted molar refractivity (Wildman–Crippen MR) is 69.0 cm³/mol. The molecule has 0 saturated heterocycles. The van der Waals surface area contributed by atoms with Crippen LogP contribution in [-0.4, -0.2) is 27.4 Å². The first kappa shape index (κ1) is 13.5. The molecule has 1 rings (SSSR count). The molecule has 0 spiro atoms. The minimum atomic E-state index is 0.322. The summed E-state index contributed by atoms with van der Waals surface area (Å²) in [7, 11) is 3.61. The largest absolute Gasteiger partial charge is 0.491 e. The molecule has 0 aliphatic heterocycles. The highest BCUT2D eigenvalue weighted by atomic mass is 79.9. The minimum Gasteiger partial charge on any atom is -0.491 e. The van der Waals surface area contributed by atoms with Crippen molar-refractivity contribution in [2.75, 3.05) is 27.4 Å². The summed E-state index contributed by atoms with van der Waals surface area (Å²) in [6.07, 6.45) is 0. The van der Waals surface area contributed by atoms with Gasteiger partial charge in [-0.05, 0) is 31.7 Å². The molecule has 0 bridgehead atoms. The maximum atomic E-state index is 5.52. The van der Waals surface area contributed by atoms with Gasteiger partial charge in [-0.15, -0.1) is 0 Å². The van der Waals surface area contributed by atoms with E-state index in [9.17, 15) is 0 Å². The van der Waals surface area contributed by atoms with Gasteiger partial charge in [0, 0.05) is 17.6 Å². The average Bonchev–Trinajstić information content (AvgIpc) is 2.29. The molecule has 0 heterocycles. The zero-order valence-electron chi connectivity index (χ0n) is 9.92. The predicted octanol–water partition coefficient (Wildman–Crippen LogP) is 2.75. The van der Waals surface area contributed by atoms with Crippen molar-refractivity contribution >= 4 is 15.9 Å². The number of rotatable bonds is 6. The van der Waals surface area contributed by atoms with E-state index in [-0.39, 0.29) is 0 Å². The first-order valence-electron chi connectivity index (χ1n) is 5.27. The Kier molecular flexibility index (Phi) is 5.80. The molecule has 90 valence electrons. The molecule has 0 radical (unpaired) electrons. The van der Waals surface area contributed by atoms with Crippen molar-refractivity contribution in [3.63, 3.8) is 0 Å². The van der Waals surface area contributed by atoms with E-state index in [1.54, 1.807) is 7.11 Å². The maximum Gasteiger partial charge on any atom is 0.120 e. The summed E-state index contributed by atoms with van der Waals surface area (Å²) in [5.41, 5.74) is 1.22. The fourth-order valence-corrected chi connectivity index (χ4v) is 2.05. The van der Waals surface area contributed by atoms with Crippen LogP contribution in [0.1, 0.15) is 18.5 Å². The fourth-order valence-electron chi connectivity index (χ4n) is 1.35. The smallest absolute Gasteiger partial charge is 0.120 e. The zero-order valence-corrected chi connectivity index (χ0v) is 11.5. The lowest BCUT2D eigenvalue weighted by Crippen LogP contribution is -2.13. The van der Waals surface area contributed by atoms with Crippen LogP contribution in [0.5, 0.6) is 5.75 Å². The van der Waals surface area contributed by atoms with E-state index in [0.29, 0.717) is 19.3 Å². The van der Waals surface area contributed by atoms with Crippen molar-refractivity contribution in [2.24, 2.45) is 0 Å². The van der Waals surface area contributed by atoms with Gasteiger partial charge in [-0.1, -0.05) is 22.0 Å². The Morgan fingerprint density at radius 2 is 2.12 bits per heavy atom. The second-order valence-electron chi connectivity index (χ2n) is 3.53. The third-order valence-corrected chi connectivity index (χ3v) is 3.11. The first-order chi connectivity index (χ1) is 7.69. The molecule has 3 nitrogen and oxygen atoms in total. The SMILES string of the molecule is CNC(C)c1ccc(OCCOC)cc1Br. The Bertz CT molecular complexity index is 331. The van der Waals surface area contributed by atoms with Crippen LogP contribution in [0.15, 0.2) is 22.7 Å². The highest BCUT2D eigenvalue weighted by molar-refractivity contribution is 9.10. The van der Waals surface area contributed by atoms with Gasteiger partial charge in [-0.2, -0.15) is 0 Å². The molecule has 0 saturated carbocycles. The molecule has 1 aromatic carbocycles. The van der Waals surface area contributed by atoms with Gasteiger partial charge in [-0.25, -0.2) is 0 Å². The van der Waals surface area contributed by atoms with Gasteiger partial charge in [0.1, 0.15) is 12.4 Å². The summed E-state index contributed by atoms with van der Waals surface area (Å²) >= 11 is 3.55. The third-order valence-electron chi connectivity index (χ3n) is 2.43. The number of halogens is 1. The second-order valence-corrected chi connectivity index (χ2v) is 4.39. The Balaban J connectivity index is 2.67. The molecular weight excluding hydrogens is 270 g/mol. The van der Waals surface area contributed by atoms with Crippen molar-refractivity contribution in [3.05, 3.63) is 28.2 Å². The third kappa shape index (κ3) is 3.77. The van der Waals surface area contributed by atoms with Gasteiger partial charge in [-0.3, -0.25) is 0 Å². The van der Waals surface area contributed by atoms with Gasteiger partial charge < -0.3 is 14.8 Å². The van der Waals surface area contributed by atoms with Gasteiger partial charge >= 0.3 is 0 Å². The van der Waals surface area contributed by atoms with Gasteiger partial charge in [0.05, 0.1) is 6.61 Å². The van der Waals surface area contributed by atoms with Crippen molar-refractivity contribution in [2.45, 2.75) is 13.0 Å². The molecule has 0 aliphatic carbocycles. The van der Waals surface area contributed by atoms with E-state index in [4.69, 9.17) is 9.47 Å². The van der Waals surface area contributed by atoms with E-state index in [1.165, 1.54) is 5.56 Å². The van der Waals surface area contributed by atoms with Gasteiger partial charge in [0.25, 0.3) is 0 Å². The summed E-state index contributed by atoms with van der Waals surface area (Å²) in [5.74, 6) is 0.857. The van der Waals surface area contributed by atoms with E-state index in [2.05, 4.69) is 34.2 Å². The number of methoxy groups -OCH3 is 1. The van der Waals surface area contributed by atoms with Crippen LogP contribution < -0.4 is 10.1 Å². The van der Waals surface area contributed by atoms with E-state index in [0.717, 1.165) is 10.2 Å². The van der Waals surface area contributed by atoms with Crippen LogP contribution in [0.3, 0.4) is 0 Å². The van der Waals surface area contributed by atoms with Crippen molar-refractivity contribution in [1.82, 2.24) is 5.32 Å². The van der Waals surface area contributed by atoms with Crippen LogP contribution >= 0.6 is 15.9 Å². The van der Waals surface area contributed by atoms with Crippen LogP contribution in [0.4, 0.5) is 0 Å². The quantitative estimate of drug-likeness (QED) is 0.816. The molecule has 0 aliphatic rings. The lowest BCUT2D eigenvalue weighted by molar-refractivity contribution is 0.146. The summed E-state index contributed by atoms with van der Waals surface area (Å²) < 4.78 is 11.5. The molecule has 1 aromatic rings. The van der Waals surface area contributed by atoms with Crippen molar-refractivity contribution in [1.29, 1.82) is 0 Å². The number of ether oxygens (including phenoxy) is 2. The van der Waals surface area contributed by atoms with Gasteiger partial charge in [0.2, 0.25) is 0 Å². The fraction of sp³-hybridized carbons (Fsp3) is 0.500. The standard InChI is InChI=1S/C12H18BrNO2/c1-9(14-2)11-5-4-10(8-12(11)13)16-7-6-15-3/h4-5,8-9,14H,6-7H2,1-3H3. The lowest BCUT2D eigenvalue weighted by atomic mass is 10.1. The van der Waals surface area contributed by atoms with Crippen LogP contribution in [0.2, 0.25) is 0 Å². The maximum absolute atomic E-state index is 5.52. The Hall–Kier alpha value is -0.580. The van der Waals surface area contributed by atoms with E-state index in [1.807, 2.05) is 19.2 Å². The topological polar surface area (TPSA) is 30.5 Å². The number of hydrogen-bond acceptors (Lipinski definition) is 3. The Morgan fingerprint density at radius 3 is 2.69 bits per heavy atom. The zero-order chi connectivity index (χ0) is 12.0. The summed E-state index contributed by atoms with van der Waals surface area (Å²) in [5, 5.41) is 3.20. The minimum absolute atomic E-state index is 0.322. The molecule has 0 amide bonds. The van der Waals surface area contributed by atoms with Crippen LogP contribution in [0, 0.1) is 0 Å². The summed E-state index contributed by atoms with van der Waals surface area (Å²) in [6.45, 7) is 3.29. The van der Waals surface area contributed by atoms with Gasteiger partial charge in [0.15, 0.2) is 0 Å². The second kappa shape index (κ2) is 6.89. The Labute approximate surface area is 105 Å². The normalized spacial score (nSPS) is 12.5. The lowest BCUT2D eigenvalue weighted by Gasteiger charge is -2.14. The molecule has 16 heavy (non-hydrogen) atoms. The molecule has 0 fully saturated rings. The molecule has 0 aromatic heterocycles. The Morgan fingerprint density at radius 1 is 1.38 bits per heavy atom. The van der Waals surface area contributed by atoms with Crippen LogP contribution in [0.25, 0.3) is 0 Å². The monoisotopic (exact) mass is 287 g/mol. The summed E-state index contributed by atoms with van der Waals surface area (Å²) in [4.78, 5) is 0. The van der Waals surface area contributed by atoms with Crippen molar-refractivity contribution in [3.8, 4) is 5.75 Å². The van der Waals surface area contributed by atoms with E-state index < -0.39 is 0 Å². The van der Waals surface area contributed by atoms with E-state index >= 15 is 0 Å². The number of nitrogens with one attached hydrogen (secondary N) is 1. The highest BCUT2D eigenvalue weighted by Gasteiger charge is 2.07. The highest BCUT2D eigenvalue weighted by Crippen LogP contribution is 2.27. The average molecular weight is 288 g/mol.